The third-order valence-electron chi connectivity index (χ3n) is 5.21. The molecule has 0 fully saturated rings. The van der Waals surface area contributed by atoms with Gasteiger partial charge in [0, 0.05) is 18.6 Å². The normalized spacial score (nSPS) is 13.9. The molecule has 0 saturated carbocycles. The Kier molecular flexibility index (Phi) is 3.41. The van der Waals surface area contributed by atoms with Gasteiger partial charge in [0.2, 0.25) is 0 Å². The molecule has 2 nitrogen and oxygen atoms in total. The van der Waals surface area contributed by atoms with E-state index in [1.54, 1.807) is 0 Å². The number of rotatable bonds is 2. The lowest BCUT2D eigenvalue weighted by molar-refractivity contribution is 0.757. The SMILES string of the molecule is Clc1ccc(C2(c3cccnc3)c3ccccc3-c3ccccc32)cn1. The number of benzene rings is 2. The second-order valence-corrected chi connectivity index (χ2v) is 6.84. The monoisotopic (exact) mass is 354 g/mol. The summed E-state index contributed by atoms with van der Waals surface area (Å²) in [7, 11) is 0. The molecule has 0 saturated heterocycles. The van der Waals surface area contributed by atoms with Gasteiger partial charge < -0.3 is 0 Å². The van der Waals surface area contributed by atoms with Crippen molar-refractivity contribution in [3.63, 3.8) is 0 Å². The molecular formula is C23H15ClN2. The molecule has 4 aromatic rings. The van der Waals surface area contributed by atoms with Gasteiger partial charge in [-0.1, -0.05) is 72.3 Å². The minimum Gasteiger partial charge on any atom is -0.264 e. The average molecular weight is 355 g/mol. The molecule has 0 radical (unpaired) electrons. The lowest BCUT2D eigenvalue weighted by Gasteiger charge is -2.33. The first-order valence-electron chi connectivity index (χ1n) is 8.54. The fraction of sp³-hybridized carbons (Fsp3) is 0.0435. The molecular weight excluding hydrogens is 340 g/mol. The molecule has 0 aliphatic heterocycles. The zero-order valence-corrected chi connectivity index (χ0v) is 14.7. The molecule has 2 aromatic carbocycles. The van der Waals surface area contributed by atoms with Crippen molar-refractivity contribution < 1.29 is 0 Å². The summed E-state index contributed by atoms with van der Waals surface area (Å²) in [5.74, 6) is 0. The van der Waals surface area contributed by atoms with E-state index in [4.69, 9.17) is 11.6 Å². The number of hydrogen-bond acceptors (Lipinski definition) is 2. The number of hydrogen-bond donors (Lipinski definition) is 0. The van der Waals surface area contributed by atoms with E-state index in [9.17, 15) is 0 Å². The number of halogens is 1. The van der Waals surface area contributed by atoms with Gasteiger partial charge in [0.25, 0.3) is 0 Å². The van der Waals surface area contributed by atoms with E-state index in [1.165, 1.54) is 22.3 Å². The van der Waals surface area contributed by atoms with Gasteiger partial charge in [0.05, 0.1) is 5.41 Å². The van der Waals surface area contributed by atoms with Crippen LogP contribution in [0.3, 0.4) is 0 Å². The van der Waals surface area contributed by atoms with E-state index in [0.29, 0.717) is 5.15 Å². The van der Waals surface area contributed by atoms with E-state index < -0.39 is 5.41 Å². The van der Waals surface area contributed by atoms with Crippen LogP contribution in [0.4, 0.5) is 0 Å². The Bertz CT molecular complexity index is 1040. The van der Waals surface area contributed by atoms with Gasteiger partial charge in [-0.05, 0) is 45.5 Å². The van der Waals surface area contributed by atoms with E-state index in [-0.39, 0.29) is 0 Å². The van der Waals surface area contributed by atoms with Gasteiger partial charge in [0.1, 0.15) is 5.15 Å². The molecule has 26 heavy (non-hydrogen) atoms. The standard InChI is InChI=1S/C23H15ClN2/c24-22-12-11-17(15-26-22)23(16-6-5-13-25-14-16)20-9-3-1-7-18(20)19-8-2-4-10-21(19)23/h1-15H. The van der Waals surface area contributed by atoms with Crippen molar-refractivity contribution >= 4 is 11.6 Å². The lowest BCUT2D eigenvalue weighted by Crippen LogP contribution is -2.28. The van der Waals surface area contributed by atoms with E-state index >= 15 is 0 Å². The predicted molar refractivity (Wildman–Crippen MR) is 104 cm³/mol. The third kappa shape index (κ3) is 2.00. The summed E-state index contributed by atoms with van der Waals surface area (Å²) in [5.41, 5.74) is 6.77. The first-order valence-corrected chi connectivity index (χ1v) is 8.91. The van der Waals surface area contributed by atoms with E-state index in [1.807, 2.05) is 30.7 Å². The molecule has 0 N–H and O–H groups in total. The Morgan fingerprint density at radius 1 is 0.654 bits per heavy atom. The smallest absolute Gasteiger partial charge is 0.129 e. The Hall–Kier alpha value is -2.97. The Balaban J connectivity index is 1.96. The molecule has 2 heterocycles. The van der Waals surface area contributed by atoms with Crippen LogP contribution in [0.1, 0.15) is 22.3 Å². The second-order valence-electron chi connectivity index (χ2n) is 6.45. The summed E-state index contributed by atoms with van der Waals surface area (Å²) in [6.45, 7) is 0. The predicted octanol–water partition coefficient (Wildman–Crippen LogP) is 5.49. The van der Waals surface area contributed by atoms with Gasteiger partial charge in [-0.25, -0.2) is 4.98 Å². The quantitative estimate of drug-likeness (QED) is 0.391. The zero-order valence-electron chi connectivity index (χ0n) is 13.9. The highest BCUT2D eigenvalue weighted by molar-refractivity contribution is 6.29. The molecule has 1 aliphatic rings. The second kappa shape index (κ2) is 5.79. The highest BCUT2D eigenvalue weighted by Gasteiger charge is 2.46. The minimum atomic E-state index is -0.445. The van der Waals surface area contributed by atoms with Gasteiger partial charge in [-0.15, -0.1) is 0 Å². The van der Waals surface area contributed by atoms with Crippen molar-refractivity contribution in [1.29, 1.82) is 0 Å². The Morgan fingerprint density at radius 3 is 1.88 bits per heavy atom. The summed E-state index contributed by atoms with van der Waals surface area (Å²) >= 11 is 6.09. The van der Waals surface area contributed by atoms with Gasteiger partial charge in [-0.3, -0.25) is 4.98 Å². The molecule has 2 aromatic heterocycles. The highest BCUT2D eigenvalue weighted by atomic mass is 35.5. The largest absolute Gasteiger partial charge is 0.264 e. The molecule has 0 bridgehead atoms. The number of fused-ring (bicyclic) bond motifs is 3. The fourth-order valence-electron chi connectivity index (χ4n) is 4.21. The first kappa shape index (κ1) is 15.3. The average Bonchev–Trinajstić information content (AvgIpc) is 3.01. The molecule has 124 valence electrons. The molecule has 0 unspecified atom stereocenters. The lowest BCUT2D eigenvalue weighted by atomic mass is 9.68. The Morgan fingerprint density at radius 2 is 1.31 bits per heavy atom. The molecule has 0 spiro atoms. The van der Waals surface area contributed by atoms with Crippen molar-refractivity contribution in [2.75, 3.05) is 0 Å². The van der Waals surface area contributed by atoms with Crippen LogP contribution in [-0.4, -0.2) is 9.97 Å². The molecule has 0 atom stereocenters. The molecule has 3 heteroatoms. The van der Waals surface area contributed by atoms with Crippen LogP contribution in [0.5, 0.6) is 0 Å². The summed E-state index contributed by atoms with van der Waals surface area (Å²) in [6.07, 6.45) is 5.64. The zero-order chi connectivity index (χ0) is 17.6. The van der Waals surface area contributed by atoms with Crippen molar-refractivity contribution in [3.8, 4) is 11.1 Å². The summed E-state index contributed by atoms with van der Waals surface area (Å²) in [5, 5.41) is 0.495. The first-order chi connectivity index (χ1) is 12.8. The van der Waals surface area contributed by atoms with Crippen LogP contribution in [0, 0.1) is 0 Å². The van der Waals surface area contributed by atoms with E-state index in [2.05, 4.69) is 70.6 Å². The molecule has 1 aliphatic carbocycles. The highest BCUT2D eigenvalue weighted by Crippen LogP contribution is 2.55. The molecule has 5 rings (SSSR count). The van der Waals surface area contributed by atoms with Crippen LogP contribution < -0.4 is 0 Å². The Labute approximate surface area is 157 Å². The maximum Gasteiger partial charge on any atom is 0.129 e. The topological polar surface area (TPSA) is 25.8 Å². The van der Waals surface area contributed by atoms with Crippen molar-refractivity contribution in [1.82, 2.24) is 9.97 Å². The van der Waals surface area contributed by atoms with Gasteiger partial charge in [0.15, 0.2) is 0 Å². The van der Waals surface area contributed by atoms with E-state index in [0.717, 1.165) is 11.1 Å². The van der Waals surface area contributed by atoms with Crippen LogP contribution >= 0.6 is 11.6 Å². The number of aromatic nitrogens is 2. The van der Waals surface area contributed by atoms with Crippen molar-refractivity contribution in [2.24, 2.45) is 0 Å². The maximum absolute atomic E-state index is 6.09. The minimum absolute atomic E-state index is 0.445. The van der Waals surface area contributed by atoms with Crippen LogP contribution in [-0.2, 0) is 5.41 Å². The summed E-state index contributed by atoms with van der Waals surface area (Å²) in [6, 6.07) is 25.2. The van der Waals surface area contributed by atoms with Crippen molar-refractivity contribution in [3.05, 3.63) is 119 Å². The van der Waals surface area contributed by atoms with Crippen LogP contribution in [0.15, 0.2) is 91.4 Å². The van der Waals surface area contributed by atoms with Crippen molar-refractivity contribution in [2.45, 2.75) is 5.41 Å². The number of nitrogens with zero attached hydrogens (tertiary/aromatic N) is 2. The summed E-state index contributed by atoms with van der Waals surface area (Å²) < 4.78 is 0. The maximum atomic E-state index is 6.09. The van der Waals surface area contributed by atoms with Gasteiger partial charge >= 0.3 is 0 Å². The fourth-order valence-corrected chi connectivity index (χ4v) is 4.32. The van der Waals surface area contributed by atoms with Gasteiger partial charge in [-0.2, -0.15) is 0 Å². The van der Waals surface area contributed by atoms with Crippen LogP contribution in [0.25, 0.3) is 11.1 Å². The molecule has 0 amide bonds. The summed E-state index contributed by atoms with van der Waals surface area (Å²) in [4.78, 5) is 8.80. The number of pyridine rings is 2. The third-order valence-corrected chi connectivity index (χ3v) is 5.43. The van der Waals surface area contributed by atoms with Crippen LogP contribution in [0.2, 0.25) is 5.15 Å².